The van der Waals surface area contributed by atoms with E-state index in [1.165, 1.54) is 12.1 Å². The molecule has 2 aromatic carbocycles. The highest BCUT2D eigenvalue weighted by atomic mass is 32.2. The zero-order valence-electron chi connectivity index (χ0n) is 17.9. The summed E-state index contributed by atoms with van der Waals surface area (Å²) in [6.07, 6.45) is 3.73. The fourth-order valence-electron chi connectivity index (χ4n) is 2.69. The summed E-state index contributed by atoms with van der Waals surface area (Å²) < 4.78 is 32.5. The number of hydrogen-bond donors (Lipinski definition) is 4. The average molecular weight is 461 g/mol. The summed E-state index contributed by atoms with van der Waals surface area (Å²) in [6.45, 7) is 2.49. The lowest BCUT2D eigenvalue weighted by molar-refractivity contribution is -0.119. The third kappa shape index (κ3) is 7.24. The smallest absolute Gasteiger partial charge is 0.257 e. The molecule has 1 fully saturated rings. The Morgan fingerprint density at radius 1 is 1.03 bits per heavy atom. The zero-order chi connectivity index (χ0) is 23.0. The number of ether oxygens (including phenoxy) is 1. The van der Waals surface area contributed by atoms with Gasteiger partial charge in [-0.15, -0.1) is 0 Å². The first kappa shape index (κ1) is 23.6. The molecule has 32 heavy (non-hydrogen) atoms. The maximum Gasteiger partial charge on any atom is 0.257 e. The van der Waals surface area contributed by atoms with Gasteiger partial charge in [0.2, 0.25) is 10.0 Å². The van der Waals surface area contributed by atoms with Crippen molar-refractivity contribution >= 4 is 27.5 Å². The highest BCUT2D eigenvalue weighted by Crippen LogP contribution is 2.22. The van der Waals surface area contributed by atoms with Crippen LogP contribution in [0.25, 0.3) is 0 Å². The van der Waals surface area contributed by atoms with Crippen molar-refractivity contribution in [3.63, 3.8) is 0 Å². The van der Waals surface area contributed by atoms with Crippen LogP contribution in [0.2, 0.25) is 0 Å². The molecule has 0 saturated heterocycles. The fraction of sp³-hybridized carbons (Fsp3) is 0.364. The molecular weight excluding hydrogens is 432 g/mol. The van der Waals surface area contributed by atoms with E-state index in [0.717, 1.165) is 25.7 Å². The van der Waals surface area contributed by atoms with Gasteiger partial charge in [-0.1, -0.05) is 13.3 Å². The number of unbranched alkanes of at least 4 members (excludes halogenated alkanes) is 1. The predicted octanol–water partition coefficient (Wildman–Crippen LogP) is 2.18. The molecule has 0 spiro atoms. The van der Waals surface area contributed by atoms with E-state index >= 15 is 0 Å². The first-order chi connectivity index (χ1) is 15.4. The summed E-state index contributed by atoms with van der Waals surface area (Å²) in [5.41, 5.74) is 6.07. The second kappa shape index (κ2) is 11.0. The Bertz CT molecular complexity index is 1020. The Hall–Kier alpha value is -3.11. The molecule has 0 heterocycles. The van der Waals surface area contributed by atoms with Gasteiger partial charge in [0, 0.05) is 11.6 Å². The van der Waals surface area contributed by atoms with Gasteiger partial charge in [0.1, 0.15) is 5.75 Å². The Morgan fingerprint density at radius 2 is 1.72 bits per heavy atom. The van der Waals surface area contributed by atoms with Gasteiger partial charge >= 0.3 is 0 Å². The summed E-state index contributed by atoms with van der Waals surface area (Å²) in [4.78, 5) is 24.3. The summed E-state index contributed by atoms with van der Waals surface area (Å²) in [5.74, 6) is -0.137. The van der Waals surface area contributed by atoms with Crippen LogP contribution >= 0.6 is 0 Å². The Balaban J connectivity index is 1.40. The average Bonchev–Trinajstić information content (AvgIpc) is 3.60. The van der Waals surface area contributed by atoms with Crippen molar-refractivity contribution in [3.05, 3.63) is 54.1 Å². The second-order valence-corrected chi connectivity index (χ2v) is 9.22. The summed E-state index contributed by atoms with van der Waals surface area (Å²) in [5, 5.41) is 2.54. The van der Waals surface area contributed by atoms with Crippen LogP contribution in [0.3, 0.4) is 0 Å². The number of hydrogen-bond acceptors (Lipinski definition) is 6. The normalized spacial score (nSPS) is 13.3. The number of anilines is 1. The number of benzene rings is 2. The van der Waals surface area contributed by atoms with Gasteiger partial charge in [0.25, 0.3) is 11.8 Å². The lowest BCUT2D eigenvalue weighted by Gasteiger charge is -2.11. The third-order valence-corrected chi connectivity index (χ3v) is 6.24. The molecule has 0 unspecified atom stereocenters. The van der Waals surface area contributed by atoms with Crippen LogP contribution in [0, 0.1) is 0 Å². The van der Waals surface area contributed by atoms with Crippen LogP contribution in [0.1, 0.15) is 43.0 Å². The molecule has 3 rings (SSSR count). The summed E-state index contributed by atoms with van der Waals surface area (Å²) in [7, 11) is -3.52. The number of hydrazine groups is 1. The van der Waals surface area contributed by atoms with Gasteiger partial charge in [0.15, 0.2) is 0 Å². The molecule has 0 bridgehead atoms. The first-order valence-corrected chi connectivity index (χ1v) is 12.0. The quantitative estimate of drug-likeness (QED) is 0.284. The lowest BCUT2D eigenvalue weighted by Crippen LogP contribution is -2.39. The molecule has 0 aromatic heterocycles. The topological polar surface area (TPSA) is 126 Å². The lowest BCUT2D eigenvalue weighted by atomic mass is 10.2. The number of rotatable bonds is 12. The predicted molar refractivity (Wildman–Crippen MR) is 121 cm³/mol. The molecule has 1 aliphatic carbocycles. The van der Waals surface area contributed by atoms with Gasteiger partial charge in [-0.25, -0.2) is 13.1 Å². The van der Waals surface area contributed by atoms with Crippen LogP contribution in [-0.4, -0.2) is 39.4 Å². The highest BCUT2D eigenvalue weighted by molar-refractivity contribution is 7.89. The Labute approximate surface area is 187 Å². The van der Waals surface area contributed by atoms with E-state index in [4.69, 9.17) is 4.74 Å². The van der Waals surface area contributed by atoms with Crippen molar-refractivity contribution in [1.82, 2.24) is 15.5 Å². The van der Waals surface area contributed by atoms with Gasteiger partial charge in [-0.05, 0) is 67.8 Å². The molecule has 0 atom stereocenters. The standard InChI is InChI=1S/C22H28N4O5S/c1-2-3-14-31-19-10-4-16(5-11-19)22(28)23-15-21(27)25-24-17-8-12-20(13-9-17)32(29,30)26-18-6-7-18/h4-5,8-13,18,24,26H,2-3,6-7,14-15H2,1H3,(H,23,28)(H,25,27). The van der Waals surface area contributed by atoms with Crippen LogP contribution in [-0.2, 0) is 14.8 Å². The maximum atomic E-state index is 12.2. The SMILES string of the molecule is CCCCOc1ccc(C(=O)NCC(=O)NNc2ccc(S(=O)(=O)NC3CC3)cc2)cc1. The molecule has 0 aliphatic heterocycles. The van der Waals surface area contributed by atoms with Crippen molar-refractivity contribution in [2.24, 2.45) is 0 Å². The zero-order valence-corrected chi connectivity index (χ0v) is 18.7. The molecular formula is C22H28N4O5S. The number of nitrogens with one attached hydrogen (secondary N) is 4. The minimum atomic E-state index is -3.52. The minimum absolute atomic E-state index is 0.0318. The van der Waals surface area contributed by atoms with Gasteiger partial charge in [-0.2, -0.15) is 0 Å². The van der Waals surface area contributed by atoms with Crippen LogP contribution in [0.15, 0.2) is 53.4 Å². The molecule has 1 aliphatic rings. The van der Waals surface area contributed by atoms with E-state index in [1.807, 2.05) is 0 Å². The van der Waals surface area contributed by atoms with Gasteiger partial charge in [0.05, 0.1) is 23.7 Å². The van der Waals surface area contributed by atoms with Crippen molar-refractivity contribution < 1.29 is 22.7 Å². The van der Waals surface area contributed by atoms with Crippen molar-refractivity contribution in [2.45, 2.75) is 43.5 Å². The highest BCUT2D eigenvalue weighted by Gasteiger charge is 2.27. The Morgan fingerprint density at radius 3 is 2.34 bits per heavy atom. The molecule has 9 nitrogen and oxygen atoms in total. The first-order valence-electron chi connectivity index (χ1n) is 10.6. The molecule has 2 amide bonds. The largest absolute Gasteiger partial charge is 0.494 e. The summed E-state index contributed by atoms with van der Waals surface area (Å²) in [6, 6.07) is 12.7. The monoisotopic (exact) mass is 460 g/mol. The van der Waals surface area contributed by atoms with E-state index in [9.17, 15) is 18.0 Å². The van der Waals surface area contributed by atoms with Gasteiger partial charge in [-0.3, -0.25) is 20.4 Å². The van der Waals surface area contributed by atoms with Crippen molar-refractivity contribution in [3.8, 4) is 5.75 Å². The number of amides is 2. The molecule has 4 N–H and O–H groups in total. The van der Waals surface area contributed by atoms with Crippen LogP contribution < -0.4 is 25.6 Å². The van der Waals surface area contributed by atoms with Crippen molar-refractivity contribution in [2.75, 3.05) is 18.6 Å². The Kier molecular flexibility index (Phi) is 8.07. The maximum absolute atomic E-state index is 12.2. The van der Waals surface area contributed by atoms with Gasteiger partial charge < -0.3 is 10.1 Å². The summed E-state index contributed by atoms with van der Waals surface area (Å²) >= 11 is 0. The van der Waals surface area contributed by atoms with Crippen LogP contribution in [0.5, 0.6) is 5.75 Å². The minimum Gasteiger partial charge on any atom is -0.494 e. The number of sulfonamides is 1. The molecule has 2 aromatic rings. The molecule has 0 radical (unpaired) electrons. The van der Waals surface area contributed by atoms with E-state index in [-0.39, 0.29) is 23.4 Å². The number of carbonyl (C=O) groups excluding carboxylic acids is 2. The van der Waals surface area contributed by atoms with Crippen molar-refractivity contribution in [1.29, 1.82) is 0 Å². The van der Waals surface area contributed by atoms with E-state index < -0.39 is 15.9 Å². The molecule has 10 heteroatoms. The fourth-order valence-corrected chi connectivity index (χ4v) is 4.00. The molecule has 1 saturated carbocycles. The van der Waals surface area contributed by atoms with Crippen LogP contribution in [0.4, 0.5) is 5.69 Å². The molecule has 172 valence electrons. The van der Waals surface area contributed by atoms with E-state index in [1.54, 1.807) is 36.4 Å². The van der Waals surface area contributed by atoms with E-state index in [2.05, 4.69) is 27.8 Å². The third-order valence-electron chi connectivity index (χ3n) is 4.70. The number of carbonyl (C=O) groups is 2. The second-order valence-electron chi connectivity index (χ2n) is 7.50. The van der Waals surface area contributed by atoms with E-state index in [0.29, 0.717) is 23.6 Å².